The first-order valence-electron chi connectivity index (χ1n) is 5.31. The van der Waals surface area contributed by atoms with Gasteiger partial charge in [-0.2, -0.15) is 0 Å². The summed E-state index contributed by atoms with van der Waals surface area (Å²) >= 11 is 5.96. The third-order valence-electron chi connectivity index (χ3n) is 2.34. The fourth-order valence-electron chi connectivity index (χ4n) is 1.60. The van der Waals surface area contributed by atoms with E-state index in [1.807, 2.05) is 25.1 Å². The molecule has 0 saturated carbocycles. The van der Waals surface area contributed by atoms with Crippen LogP contribution in [0, 0.1) is 6.92 Å². The number of phenolic OH excluding ortho intramolecular Hbond substituents is 1. The first-order valence-corrected chi connectivity index (χ1v) is 5.69. The number of ether oxygens (including phenoxy) is 1. The molecule has 0 saturated heterocycles. The Labute approximate surface area is 105 Å². The minimum absolute atomic E-state index is 0.232. The molecule has 0 bridgehead atoms. The molecule has 0 fully saturated rings. The molecule has 0 amide bonds. The highest BCUT2D eigenvalue weighted by Gasteiger charge is 1.99. The second-order valence-electron chi connectivity index (χ2n) is 3.92. The van der Waals surface area contributed by atoms with Crippen molar-refractivity contribution in [2.24, 2.45) is 0 Å². The maximum atomic E-state index is 9.14. The average Bonchev–Trinajstić information content (AvgIpc) is 2.27. The van der Waals surface area contributed by atoms with E-state index < -0.39 is 0 Å². The zero-order valence-corrected chi connectivity index (χ0v) is 10.2. The fourth-order valence-corrected chi connectivity index (χ4v) is 1.92. The van der Waals surface area contributed by atoms with Crippen LogP contribution in [-0.2, 0) is 6.61 Å². The average molecular weight is 249 g/mol. The Bertz CT molecular complexity index is 486. The van der Waals surface area contributed by atoms with Crippen LogP contribution in [0.1, 0.15) is 11.1 Å². The summed E-state index contributed by atoms with van der Waals surface area (Å²) in [7, 11) is 0. The number of rotatable bonds is 3. The summed E-state index contributed by atoms with van der Waals surface area (Å²) in [6, 6.07) is 12.5. The molecule has 0 unspecified atom stereocenters. The van der Waals surface area contributed by atoms with Gasteiger partial charge in [0, 0.05) is 5.02 Å². The molecule has 0 atom stereocenters. The first kappa shape index (κ1) is 11.8. The van der Waals surface area contributed by atoms with Gasteiger partial charge in [0.25, 0.3) is 0 Å². The Hall–Kier alpha value is -1.67. The highest BCUT2D eigenvalue weighted by Crippen LogP contribution is 2.19. The predicted octanol–water partition coefficient (Wildman–Crippen LogP) is 3.93. The van der Waals surface area contributed by atoms with Crippen molar-refractivity contribution in [1.82, 2.24) is 0 Å². The van der Waals surface area contributed by atoms with Crippen LogP contribution in [0.5, 0.6) is 11.5 Å². The molecule has 0 radical (unpaired) electrons. The molecule has 2 rings (SSSR count). The summed E-state index contributed by atoms with van der Waals surface area (Å²) in [5.74, 6) is 0.955. The van der Waals surface area contributed by atoms with Crippen molar-refractivity contribution in [3.05, 3.63) is 58.6 Å². The molecule has 0 aliphatic carbocycles. The third-order valence-corrected chi connectivity index (χ3v) is 2.56. The minimum atomic E-state index is 0.232. The molecular formula is C14H13ClO2. The summed E-state index contributed by atoms with van der Waals surface area (Å²) < 4.78 is 5.59. The zero-order chi connectivity index (χ0) is 12.3. The van der Waals surface area contributed by atoms with Crippen LogP contribution < -0.4 is 4.74 Å². The topological polar surface area (TPSA) is 29.5 Å². The van der Waals surface area contributed by atoms with E-state index >= 15 is 0 Å². The molecule has 3 heteroatoms. The lowest BCUT2D eigenvalue weighted by molar-refractivity contribution is 0.305. The molecule has 0 spiro atoms. The summed E-state index contributed by atoms with van der Waals surface area (Å²) in [4.78, 5) is 0. The minimum Gasteiger partial charge on any atom is -0.508 e. The van der Waals surface area contributed by atoms with Crippen LogP contribution in [0.4, 0.5) is 0 Å². The van der Waals surface area contributed by atoms with Crippen molar-refractivity contribution in [3.63, 3.8) is 0 Å². The molecular weight excluding hydrogens is 236 g/mol. The monoisotopic (exact) mass is 248 g/mol. The number of hydrogen-bond donors (Lipinski definition) is 1. The van der Waals surface area contributed by atoms with Crippen molar-refractivity contribution < 1.29 is 9.84 Å². The molecule has 2 nitrogen and oxygen atoms in total. The van der Waals surface area contributed by atoms with Gasteiger partial charge in [-0.05, 0) is 54.4 Å². The molecule has 2 aromatic rings. The van der Waals surface area contributed by atoms with Crippen molar-refractivity contribution >= 4 is 11.6 Å². The normalized spacial score (nSPS) is 10.2. The molecule has 0 aliphatic heterocycles. The maximum Gasteiger partial charge on any atom is 0.120 e. The Morgan fingerprint density at radius 1 is 1.12 bits per heavy atom. The van der Waals surface area contributed by atoms with Crippen molar-refractivity contribution in [2.45, 2.75) is 13.5 Å². The van der Waals surface area contributed by atoms with E-state index in [0.29, 0.717) is 11.6 Å². The summed E-state index contributed by atoms with van der Waals surface area (Å²) in [5, 5.41) is 9.86. The van der Waals surface area contributed by atoms with Crippen LogP contribution in [0.25, 0.3) is 0 Å². The summed E-state index contributed by atoms with van der Waals surface area (Å²) in [6.45, 7) is 2.46. The first-order chi connectivity index (χ1) is 8.13. The van der Waals surface area contributed by atoms with Gasteiger partial charge in [-0.15, -0.1) is 0 Å². The number of aryl methyl sites for hydroxylation is 1. The quantitative estimate of drug-likeness (QED) is 0.892. The lowest BCUT2D eigenvalue weighted by atomic mass is 10.1. The number of benzene rings is 2. The smallest absolute Gasteiger partial charge is 0.120 e. The highest BCUT2D eigenvalue weighted by molar-refractivity contribution is 6.30. The van der Waals surface area contributed by atoms with E-state index in [2.05, 4.69) is 0 Å². The number of halogens is 1. The molecule has 1 N–H and O–H groups in total. The van der Waals surface area contributed by atoms with Gasteiger partial charge in [0.2, 0.25) is 0 Å². The van der Waals surface area contributed by atoms with E-state index in [4.69, 9.17) is 21.4 Å². The largest absolute Gasteiger partial charge is 0.508 e. The number of phenols is 1. The van der Waals surface area contributed by atoms with Crippen molar-refractivity contribution in [2.75, 3.05) is 0 Å². The zero-order valence-electron chi connectivity index (χ0n) is 9.48. The van der Waals surface area contributed by atoms with E-state index in [0.717, 1.165) is 16.9 Å². The SMILES string of the molecule is Cc1cc(Cl)cc(COc2ccc(O)cc2)c1. The van der Waals surface area contributed by atoms with Gasteiger partial charge < -0.3 is 9.84 Å². The Morgan fingerprint density at radius 2 is 1.82 bits per heavy atom. The van der Waals surface area contributed by atoms with Crippen LogP contribution in [0.3, 0.4) is 0 Å². The maximum absolute atomic E-state index is 9.14. The second kappa shape index (κ2) is 5.11. The lowest BCUT2D eigenvalue weighted by Crippen LogP contribution is -1.95. The molecule has 88 valence electrons. The van der Waals surface area contributed by atoms with Gasteiger partial charge in [-0.25, -0.2) is 0 Å². The molecule has 0 aromatic heterocycles. The molecule has 2 aromatic carbocycles. The number of hydrogen-bond acceptors (Lipinski definition) is 2. The van der Waals surface area contributed by atoms with Crippen LogP contribution in [-0.4, -0.2) is 5.11 Å². The number of aromatic hydroxyl groups is 1. The van der Waals surface area contributed by atoms with Gasteiger partial charge >= 0.3 is 0 Å². The Morgan fingerprint density at radius 3 is 2.47 bits per heavy atom. The van der Waals surface area contributed by atoms with Gasteiger partial charge in [0.1, 0.15) is 18.1 Å². The van der Waals surface area contributed by atoms with Crippen LogP contribution in [0.15, 0.2) is 42.5 Å². The molecule has 17 heavy (non-hydrogen) atoms. The van der Waals surface area contributed by atoms with Gasteiger partial charge in [-0.1, -0.05) is 17.7 Å². The third kappa shape index (κ3) is 3.40. The fraction of sp³-hybridized carbons (Fsp3) is 0.143. The molecule has 0 heterocycles. The summed E-state index contributed by atoms with van der Waals surface area (Å²) in [6.07, 6.45) is 0. The van der Waals surface area contributed by atoms with Crippen LogP contribution in [0.2, 0.25) is 5.02 Å². The Kier molecular flexibility index (Phi) is 3.55. The second-order valence-corrected chi connectivity index (χ2v) is 4.36. The highest BCUT2D eigenvalue weighted by atomic mass is 35.5. The van der Waals surface area contributed by atoms with Crippen molar-refractivity contribution in [1.29, 1.82) is 0 Å². The van der Waals surface area contributed by atoms with E-state index in [1.54, 1.807) is 24.3 Å². The van der Waals surface area contributed by atoms with Crippen molar-refractivity contribution in [3.8, 4) is 11.5 Å². The Balaban J connectivity index is 2.04. The molecule has 0 aliphatic rings. The van der Waals surface area contributed by atoms with E-state index in [1.165, 1.54) is 0 Å². The summed E-state index contributed by atoms with van der Waals surface area (Å²) in [5.41, 5.74) is 2.14. The van der Waals surface area contributed by atoms with Gasteiger partial charge in [0.15, 0.2) is 0 Å². The lowest BCUT2D eigenvalue weighted by Gasteiger charge is -2.07. The van der Waals surface area contributed by atoms with Gasteiger partial charge in [0.05, 0.1) is 0 Å². The van der Waals surface area contributed by atoms with Crippen LogP contribution >= 0.6 is 11.6 Å². The standard InChI is InChI=1S/C14H13ClO2/c1-10-6-11(8-12(15)7-10)9-17-14-4-2-13(16)3-5-14/h2-8,16H,9H2,1H3. The predicted molar refractivity (Wildman–Crippen MR) is 68.6 cm³/mol. The van der Waals surface area contributed by atoms with E-state index in [9.17, 15) is 0 Å². The van der Waals surface area contributed by atoms with E-state index in [-0.39, 0.29) is 5.75 Å². The van der Waals surface area contributed by atoms with Gasteiger partial charge in [-0.3, -0.25) is 0 Å².